The summed E-state index contributed by atoms with van der Waals surface area (Å²) in [6, 6.07) is 7.45. The van der Waals surface area contributed by atoms with Crippen LogP contribution in [0.4, 0.5) is 0 Å². The predicted molar refractivity (Wildman–Crippen MR) is 89.3 cm³/mol. The summed E-state index contributed by atoms with van der Waals surface area (Å²) in [5.41, 5.74) is 1.99. The van der Waals surface area contributed by atoms with Crippen molar-refractivity contribution in [3.05, 3.63) is 41.6 Å². The monoisotopic (exact) mass is 316 g/mol. The molecule has 0 aromatic heterocycles. The van der Waals surface area contributed by atoms with Gasteiger partial charge in [0.2, 0.25) is 11.8 Å². The van der Waals surface area contributed by atoms with Crippen molar-refractivity contribution in [1.82, 2.24) is 10.2 Å². The highest BCUT2D eigenvalue weighted by atomic mass is 16.3. The number of hydrogen-bond acceptors (Lipinski definition) is 3. The van der Waals surface area contributed by atoms with E-state index in [0.717, 1.165) is 17.5 Å². The molecule has 0 bridgehead atoms. The Balaban J connectivity index is 2.07. The second-order valence-corrected chi connectivity index (χ2v) is 5.84. The van der Waals surface area contributed by atoms with Gasteiger partial charge in [-0.15, -0.1) is 0 Å². The van der Waals surface area contributed by atoms with Crippen molar-refractivity contribution in [2.75, 3.05) is 6.54 Å². The first-order chi connectivity index (χ1) is 11.0. The number of hydrogen-bond donors (Lipinski definition) is 2. The Labute approximate surface area is 137 Å². The van der Waals surface area contributed by atoms with Gasteiger partial charge in [0.05, 0.1) is 18.6 Å². The summed E-state index contributed by atoms with van der Waals surface area (Å²) in [6.07, 6.45) is 4.81. The maximum atomic E-state index is 12.2. The lowest BCUT2D eigenvalue weighted by Gasteiger charge is -2.32. The summed E-state index contributed by atoms with van der Waals surface area (Å²) >= 11 is 0. The highest BCUT2D eigenvalue weighted by molar-refractivity contribution is 5.81. The van der Waals surface area contributed by atoms with Crippen molar-refractivity contribution in [2.45, 2.75) is 45.3 Å². The van der Waals surface area contributed by atoms with Crippen LogP contribution in [0.5, 0.6) is 0 Å². The first-order valence-electron chi connectivity index (χ1n) is 8.03. The zero-order valence-electron chi connectivity index (χ0n) is 13.7. The Morgan fingerprint density at radius 2 is 2.09 bits per heavy atom. The molecule has 0 fully saturated rings. The highest BCUT2D eigenvalue weighted by Gasteiger charge is 2.28. The zero-order valence-corrected chi connectivity index (χ0v) is 13.7. The smallest absolute Gasteiger partial charge is 0.223 e. The maximum absolute atomic E-state index is 12.2. The molecule has 0 spiro atoms. The van der Waals surface area contributed by atoms with Crippen molar-refractivity contribution in [3.63, 3.8) is 0 Å². The fourth-order valence-corrected chi connectivity index (χ4v) is 2.83. The largest absolute Gasteiger partial charge is 0.391 e. The van der Waals surface area contributed by atoms with E-state index in [1.165, 1.54) is 6.92 Å². The molecule has 0 saturated carbocycles. The van der Waals surface area contributed by atoms with Gasteiger partial charge in [0.15, 0.2) is 0 Å². The fourth-order valence-electron chi connectivity index (χ4n) is 2.83. The van der Waals surface area contributed by atoms with Crippen molar-refractivity contribution in [3.8, 4) is 0 Å². The molecule has 2 N–H and O–H groups in total. The SMILES string of the molecule is CCCC(O)CNC(=O)CC1c2ccccc2C=CN1C(C)=O. The predicted octanol–water partition coefficient (Wildman–Crippen LogP) is 2.23. The number of carbonyl (C=O) groups is 2. The third-order valence-electron chi connectivity index (χ3n) is 4.00. The van der Waals surface area contributed by atoms with Crippen LogP contribution < -0.4 is 5.32 Å². The summed E-state index contributed by atoms with van der Waals surface area (Å²) < 4.78 is 0. The van der Waals surface area contributed by atoms with Gasteiger partial charge in [-0.05, 0) is 23.6 Å². The molecule has 1 aromatic carbocycles. The fraction of sp³-hybridized carbons (Fsp3) is 0.444. The van der Waals surface area contributed by atoms with E-state index in [2.05, 4.69) is 5.32 Å². The number of aliphatic hydroxyl groups is 1. The lowest BCUT2D eigenvalue weighted by Crippen LogP contribution is -2.37. The van der Waals surface area contributed by atoms with Crippen LogP contribution in [0.15, 0.2) is 30.5 Å². The van der Waals surface area contributed by atoms with E-state index in [-0.39, 0.29) is 30.8 Å². The van der Waals surface area contributed by atoms with E-state index in [1.807, 2.05) is 37.3 Å². The molecule has 1 aliphatic rings. The molecule has 0 aliphatic carbocycles. The van der Waals surface area contributed by atoms with Gasteiger partial charge >= 0.3 is 0 Å². The van der Waals surface area contributed by atoms with Gasteiger partial charge in [-0.3, -0.25) is 9.59 Å². The Morgan fingerprint density at radius 1 is 1.35 bits per heavy atom. The molecule has 5 nitrogen and oxygen atoms in total. The van der Waals surface area contributed by atoms with Gasteiger partial charge in [-0.25, -0.2) is 0 Å². The number of amides is 2. The van der Waals surface area contributed by atoms with E-state index >= 15 is 0 Å². The van der Waals surface area contributed by atoms with Gasteiger partial charge in [0.25, 0.3) is 0 Å². The molecular formula is C18H24N2O3. The topological polar surface area (TPSA) is 69.6 Å². The average Bonchev–Trinajstić information content (AvgIpc) is 2.53. The van der Waals surface area contributed by atoms with Gasteiger partial charge in [0.1, 0.15) is 0 Å². The van der Waals surface area contributed by atoms with E-state index in [0.29, 0.717) is 6.42 Å². The van der Waals surface area contributed by atoms with Crippen LogP contribution in [0, 0.1) is 0 Å². The van der Waals surface area contributed by atoms with Crippen LogP contribution >= 0.6 is 0 Å². The molecule has 2 amide bonds. The highest BCUT2D eigenvalue weighted by Crippen LogP contribution is 2.32. The van der Waals surface area contributed by atoms with E-state index in [1.54, 1.807) is 11.1 Å². The molecule has 23 heavy (non-hydrogen) atoms. The number of fused-ring (bicyclic) bond motifs is 1. The molecule has 2 atom stereocenters. The number of rotatable bonds is 6. The Bertz CT molecular complexity index is 598. The lowest BCUT2D eigenvalue weighted by atomic mass is 9.93. The number of nitrogens with one attached hydrogen (secondary N) is 1. The maximum Gasteiger partial charge on any atom is 0.223 e. The van der Waals surface area contributed by atoms with Gasteiger partial charge < -0.3 is 15.3 Å². The normalized spacial score (nSPS) is 17.5. The number of carbonyl (C=O) groups excluding carboxylic acids is 2. The Kier molecular flexibility index (Phi) is 5.93. The van der Waals surface area contributed by atoms with Crippen LogP contribution in [0.1, 0.15) is 50.3 Å². The molecular weight excluding hydrogens is 292 g/mol. The van der Waals surface area contributed by atoms with Crippen molar-refractivity contribution < 1.29 is 14.7 Å². The zero-order chi connectivity index (χ0) is 16.8. The van der Waals surface area contributed by atoms with Crippen molar-refractivity contribution in [1.29, 1.82) is 0 Å². The van der Waals surface area contributed by atoms with E-state index in [9.17, 15) is 14.7 Å². The second kappa shape index (κ2) is 7.92. The van der Waals surface area contributed by atoms with Gasteiger partial charge in [-0.2, -0.15) is 0 Å². The third kappa shape index (κ3) is 4.42. The van der Waals surface area contributed by atoms with Crippen LogP contribution in [-0.4, -0.2) is 34.5 Å². The molecule has 124 valence electrons. The van der Waals surface area contributed by atoms with E-state index in [4.69, 9.17) is 0 Å². The summed E-state index contributed by atoms with van der Waals surface area (Å²) in [6.45, 7) is 3.73. The summed E-state index contributed by atoms with van der Waals surface area (Å²) in [7, 11) is 0. The molecule has 0 saturated heterocycles. The minimum atomic E-state index is -0.522. The third-order valence-corrected chi connectivity index (χ3v) is 4.00. The molecule has 2 rings (SSSR count). The molecule has 1 aliphatic heterocycles. The van der Waals surface area contributed by atoms with Crippen LogP contribution in [0.3, 0.4) is 0 Å². The molecule has 0 radical (unpaired) electrons. The average molecular weight is 316 g/mol. The minimum absolute atomic E-state index is 0.0976. The first kappa shape index (κ1) is 17.2. The van der Waals surface area contributed by atoms with Crippen LogP contribution in [0.25, 0.3) is 6.08 Å². The Morgan fingerprint density at radius 3 is 2.78 bits per heavy atom. The summed E-state index contributed by atoms with van der Waals surface area (Å²) in [5.74, 6) is -0.263. The number of nitrogens with zero attached hydrogens (tertiary/aromatic N) is 1. The number of benzene rings is 1. The van der Waals surface area contributed by atoms with Crippen molar-refractivity contribution in [2.24, 2.45) is 0 Å². The first-order valence-corrected chi connectivity index (χ1v) is 8.03. The molecule has 2 unspecified atom stereocenters. The second-order valence-electron chi connectivity index (χ2n) is 5.84. The lowest BCUT2D eigenvalue weighted by molar-refractivity contribution is -0.130. The molecule has 5 heteroatoms. The Hall–Kier alpha value is -2.14. The van der Waals surface area contributed by atoms with Crippen LogP contribution in [-0.2, 0) is 9.59 Å². The van der Waals surface area contributed by atoms with Gasteiger partial charge in [0, 0.05) is 19.7 Å². The quantitative estimate of drug-likeness (QED) is 0.845. The standard InChI is InChI=1S/C18H24N2O3/c1-3-6-15(22)12-19-18(23)11-17-16-8-5-4-7-14(16)9-10-20(17)13(2)21/h4-5,7-10,15,17,22H,3,6,11-12H2,1-2H3,(H,19,23). The van der Waals surface area contributed by atoms with Crippen molar-refractivity contribution >= 4 is 17.9 Å². The summed E-state index contributed by atoms with van der Waals surface area (Å²) in [5, 5.41) is 12.5. The van der Waals surface area contributed by atoms with E-state index < -0.39 is 6.10 Å². The molecule has 1 aromatic rings. The van der Waals surface area contributed by atoms with Crippen LogP contribution in [0.2, 0.25) is 0 Å². The minimum Gasteiger partial charge on any atom is -0.391 e. The molecule has 1 heterocycles. The number of aliphatic hydroxyl groups excluding tert-OH is 1. The van der Waals surface area contributed by atoms with Gasteiger partial charge in [-0.1, -0.05) is 37.6 Å². The summed E-state index contributed by atoms with van der Waals surface area (Å²) in [4.78, 5) is 25.7.